The van der Waals surface area contributed by atoms with E-state index in [0.717, 1.165) is 6.07 Å². The maximum absolute atomic E-state index is 13.0. The first-order valence-corrected chi connectivity index (χ1v) is 4.99. The Balaban J connectivity index is 2.19. The maximum atomic E-state index is 13.0. The summed E-state index contributed by atoms with van der Waals surface area (Å²) >= 11 is 0. The first kappa shape index (κ1) is 11.0. The third kappa shape index (κ3) is 2.55. The SMILES string of the molecule is O=C1COC(c2cc(F)cc(F)c2)CCN1. The van der Waals surface area contributed by atoms with Gasteiger partial charge in [-0.05, 0) is 24.1 Å². The van der Waals surface area contributed by atoms with Gasteiger partial charge in [0, 0.05) is 12.6 Å². The van der Waals surface area contributed by atoms with Crippen molar-refractivity contribution in [3.05, 3.63) is 35.4 Å². The molecule has 0 spiro atoms. The minimum atomic E-state index is -0.637. The molecule has 1 unspecified atom stereocenters. The summed E-state index contributed by atoms with van der Waals surface area (Å²) in [4.78, 5) is 11.0. The Morgan fingerprint density at radius 1 is 1.25 bits per heavy atom. The predicted molar refractivity (Wildman–Crippen MR) is 52.7 cm³/mol. The van der Waals surface area contributed by atoms with Gasteiger partial charge in [0.1, 0.15) is 18.2 Å². The Kier molecular flexibility index (Phi) is 3.14. The Labute approximate surface area is 91.4 Å². The summed E-state index contributed by atoms with van der Waals surface area (Å²) in [5.41, 5.74) is 0.425. The summed E-state index contributed by atoms with van der Waals surface area (Å²) in [7, 11) is 0. The van der Waals surface area contributed by atoms with Crippen LogP contribution in [0.15, 0.2) is 18.2 Å². The Bertz CT molecular complexity index is 389. The van der Waals surface area contributed by atoms with E-state index in [1.54, 1.807) is 0 Å². The van der Waals surface area contributed by atoms with Crippen LogP contribution in [0.2, 0.25) is 0 Å². The summed E-state index contributed by atoms with van der Waals surface area (Å²) in [6, 6.07) is 3.26. The molecule has 16 heavy (non-hydrogen) atoms. The number of halogens is 2. The zero-order chi connectivity index (χ0) is 11.5. The molecule has 0 aromatic heterocycles. The number of carbonyl (C=O) groups is 1. The van der Waals surface area contributed by atoms with Crippen LogP contribution >= 0.6 is 0 Å². The summed E-state index contributed by atoms with van der Waals surface area (Å²) in [5, 5.41) is 2.62. The van der Waals surface area contributed by atoms with Gasteiger partial charge in [-0.25, -0.2) is 8.78 Å². The van der Waals surface area contributed by atoms with E-state index < -0.39 is 17.7 Å². The van der Waals surface area contributed by atoms with Crippen LogP contribution < -0.4 is 5.32 Å². The largest absolute Gasteiger partial charge is 0.364 e. The molecule has 86 valence electrons. The number of hydrogen-bond donors (Lipinski definition) is 1. The second-order valence-electron chi connectivity index (χ2n) is 3.64. The van der Waals surface area contributed by atoms with E-state index in [-0.39, 0.29) is 12.5 Å². The molecule has 1 atom stereocenters. The standard InChI is InChI=1S/C11H11F2NO2/c12-8-3-7(4-9(13)5-8)10-1-2-14-11(15)6-16-10/h3-5,10H,1-2,6H2,(H,14,15). The minimum absolute atomic E-state index is 0.0806. The molecule has 1 aliphatic heterocycles. The fourth-order valence-corrected chi connectivity index (χ4v) is 1.68. The zero-order valence-electron chi connectivity index (χ0n) is 8.50. The highest BCUT2D eigenvalue weighted by atomic mass is 19.1. The van der Waals surface area contributed by atoms with E-state index in [2.05, 4.69) is 5.32 Å². The lowest BCUT2D eigenvalue weighted by Gasteiger charge is -2.14. The van der Waals surface area contributed by atoms with Gasteiger partial charge in [-0.1, -0.05) is 0 Å². The monoisotopic (exact) mass is 227 g/mol. The highest BCUT2D eigenvalue weighted by molar-refractivity contribution is 5.77. The molecule has 2 rings (SSSR count). The lowest BCUT2D eigenvalue weighted by atomic mass is 10.1. The van der Waals surface area contributed by atoms with Crippen molar-refractivity contribution in [1.29, 1.82) is 0 Å². The van der Waals surface area contributed by atoms with Crippen LogP contribution in [0, 0.1) is 11.6 Å². The van der Waals surface area contributed by atoms with Crippen molar-refractivity contribution in [1.82, 2.24) is 5.32 Å². The molecule has 1 heterocycles. The second kappa shape index (κ2) is 4.57. The first-order valence-electron chi connectivity index (χ1n) is 4.99. The van der Waals surface area contributed by atoms with E-state index in [0.29, 0.717) is 18.5 Å². The van der Waals surface area contributed by atoms with Crippen LogP contribution in [0.5, 0.6) is 0 Å². The predicted octanol–water partition coefficient (Wildman–Crippen LogP) is 1.54. The molecule has 5 heteroatoms. The van der Waals surface area contributed by atoms with Crippen molar-refractivity contribution < 1.29 is 18.3 Å². The van der Waals surface area contributed by atoms with Gasteiger partial charge in [-0.3, -0.25) is 4.79 Å². The van der Waals surface area contributed by atoms with E-state index in [1.165, 1.54) is 12.1 Å². The highest BCUT2D eigenvalue weighted by Crippen LogP contribution is 2.23. The van der Waals surface area contributed by atoms with Crippen molar-refractivity contribution in [2.24, 2.45) is 0 Å². The molecule has 1 amide bonds. The molecule has 0 aliphatic carbocycles. The van der Waals surface area contributed by atoms with Crippen LogP contribution in [0.25, 0.3) is 0 Å². The molecule has 1 aliphatic rings. The Morgan fingerprint density at radius 2 is 1.94 bits per heavy atom. The van der Waals surface area contributed by atoms with E-state index >= 15 is 0 Å². The van der Waals surface area contributed by atoms with Gasteiger partial charge in [0.25, 0.3) is 0 Å². The van der Waals surface area contributed by atoms with E-state index in [4.69, 9.17) is 4.74 Å². The number of hydrogen-bond acceptors (Lipinski definition) is 2. The van der Waals surface area contributed by atoms with Gasteiger partial charge in [-0.2, -0.15) is 0 Å². The first-order chi connectivity index (χ1) is 7.65. The average Bonchev–Trinajstić information content (AvgIpc) is 2.41. The molecule has 1 fully saturated rings. The molecule has 1 N–H and O–H groups in total. The molecule has 3 nitrogen and oxygen atoms in total. The third-order valence-corrected chi connectivity index (χ3v) is 2.40. The van der Waals surface area contributed by atoms with E-state index in [9.17, 15) is 13.6 Å². The van der Waals surface area contributed by atoms with Gasteiger partial charge in [-0.15, -0.1) is 0 Å². The Hall–Kier alpha value is -1.49. The van der Waals surface area contributed by atoms with Crippen LogP contribution in [0.4, 0.5) is 8.78 Å². The average molecular weight is 227 g/mol. The van der Waals surface area contributed by atoms with Gasteiger partial charge in [0.05, 0.1) is 6.10 Å². The normalized spacial score (nSPS) is 21.4. The molecule has 1 aromatic rings. The molecular formula is C11H11F2NO2. The van der Waals surface area contributed by atoms with Crippen molar-refractivity contribution in [2.75, 3.05) is 13.2 Å². The number of rotatable bonds is 1. The third-order valence-electron chi connectivity index (χ3n) is 2.40. The van der Waals surface area contributed by atoms with Crippen molar-refractivity contribution >= 4 is 5.91 Å². The maximum Gasteiger partial charge on any atom is 0.246 e. The molecule has 0 bridgehead atoms. The van der Waals surface area contributed by atoms with Gasteiger partial charge < -0.3 is 10.1 Å². The quantitative estimate of drug-likeness (QED) is 0.790. The molecular weight excluding hydrogens is 216 g/mol. The summed E-state index contributed by atoms with van der Waals surface area (Å²) in [5.74, 6) is -1.48. The van der Waals surface area contributed by atoms with Crippen LogP contribution in [-0.2, 0) is 9.53 Å². The summed E-state index contributed by atoms with van der Waals surface area (Å²) in [6.45, 7) is 0.366. The van der Waals surface area contributed by atoms with Crippen LogP contribution in [0.3, 0.4) is 0 Å². The van der Waals surface area contributed by atoms with Gasteiger partial charge >= 0.3 is 0 Å². The second-order valence-corrected chi connectivity index (χ2v) is 3.64. The fourth-order valence-electron chi connectivity index (χ4n) is 1.68. The van der Waals surface area contributed by atoms with Gasteiger partial charge in [0.2, 0.25) is 5.91 Å². The van der Waals surface area contributed by atoms with Crippen molar-refractivity contribution in [2.45, 2.75) is 12.5 Å². The number of ether oxygens (including phenoxy) is 1. The topological polar surface area (TPSA) is 38.3 Å². The minimum Gasteiger partial charge on any atom is -0.364 e. The smallest absolute Gasteiger partial charge is 0.246 e. The summed E-state index contributed by atoms with van der Waals surface area (Å²) in [6.07, 6.45) is 0.0680. The molecule has 0 radical (unpaired) electrons. The molecule has 1 aromatic carbocycles. The molecule has 1 saturated heterocycles. The fraction of sp³-hybridized carbons (Fsp3) is 0.364. The number of amides is 1. The lowest BCUT2D eigenvalue weighted by Crippen LogP contribution is -2.24. The van der Waals surface area contributed by atoms with Crippen LogP contribution in [-0.4, -0.2) is 19.1 Å². The molecule has 0 saturated carbocycles. The summed E-state index contributed by atoms with van der Waals surface area (Å²) < 4.78 is 31.2. The zero-order valence-corrected chi connectivity index (χ0v) is 8.50. The van der Waals surface area contributed by atoms with Crippen LogP contribution in [0.1, 0.15) is 18.1 Å². The van der Waals surface area contributed by atoms with E-state index in [1.807, 2.05) is 0 Å². The highest BCUT2D eigenvalue weighted by Gasteiger charge is 2.19. The van der Waals surface area contributed by atoms with Crippen molar-refractivity contribution in [3.8, 4) is 0 Å². The lowest BCUT2D eigenvalue weighted by molar-refractivity contribution is -0.125. The number of nitrogens with one attached hydrogen (secondary N) is 1. The number of benzene rings is 1. The Morgan fingerprint density at radius 3 is 2.62 bits per heavy atom. The number of carbonyl (C=O) groups excluding carboxylic acids is 1. The van der Waals surface area contributed by atoms with Gasteiger partial charge in [0.15, 0.2) is 0 Å². The van der Waals surface area contributed by atoms with Crippen molar-refractivity contribution in [3.63, 3.8) is 0 Å².